The second-order valence-electron chi connectivity index (χ2n) is 4.81. The van der Waals surface area contributed by atoms with Crippen LogP contribution < -0.4 is 5.32 Å². The molecule has 19 heavy (non-hydrogen) atoms. The first-order valence-corrected chi connectivity index (χ1v) is 6.79. The van der Waals surface area contributed by atoms with Crippen molar-refractivity contribution in [2.24, 2.45) is 0 Å². The maximum absolute atomic E-state index is 12.4. The van der Waals surface area contributed by atoms with Crippen LogP contribution in [0.5, 0.6) is 0 Å². The van der Waals surface area contributed by atoms with Crippen LogP contribution >= 0.6 is 0 Å². The summed E-state index contributed by atoms with van der Waals surface area (Å²) in [6.45, 7) is 5.36. The Morgan fingerprint density at radius 3 is 2.11 bits per heavy atom. The molecule has 0 saturated carbocycles. The van der Waals surface area contributed by atoms with Gasteiger partial charge in [-0.1, -0.05) is 24.3 Å². The van der Waals surface area contributed by atoms with Gasteiger partial charge < -0.3 is 5.32 Å². The number of allylic oxidation sites excluding steroid dienone is 2. The predicted octanol–water partition coefficient (Wildman–Crippen LogP) is 1.56. The van der Waals surface area contributed by atoms with Gasteiger partial charge in [0.2, 0.25) is 0 Å². The van der Waals surface area contributed by atoms with E-state index in [4.69, 9.17) is 0 Å². The van der Waals surface area contributed by atoms with E-state index in [0.29, 0.717) is 17.7 Å². The zero-order chi connectivity index (χ0) is 13.8. The Balaban J connectivity index is 2.31. The number of imide groups is 1. The van der Waals surface area contributed by atoms with E-state index < -0.39 is 0 Å². The summed E-state index contributed by atoms with van der Waals surface area (Å²) in [4.78, 5) is 26.3. The minimum Gasteiger partial charge on any atom is -0.315 e. The van der Waals surface area contributed by atoms with Gasteiger partial charge in [-0.2, -0.15) is 0 Å². The number of rotatable bonds is 3. The first-order chi connectivity index (χ1) is 9.20. The maximum atomic E-state index is 12.4. The van der Waals surface area contributed by atoms with Crippen LogP contribution in [0.1, 0.15) is 26.7 Å². The van der Waals surface area contributed by atoms with Crippen molar-refractivity contribution in [3.63, 3.8) is 0 Å². The highest BCUT2D eigenvalue weighted by Crippen LogP contribution is 2.27. The Bertz CT molecular complexity index is 435. The van der Waals surface area contributed by atoms with E-state index in [1.807, 2.05) is 13.8 Å². The Kier molecular flexibility index (Phi) is 4.32. The molecule has 4 nitrogen and oxygen atoms in total. The lowest BCUT2D eigenvalue weighted by Crippen LogP contribution is -2.49. The third kappa shape index (κ3) is 2.54. The summed E-state index contributed by atoms with van der Waals surface area (Å²) in [6.07, 6.45) is 8.94. The fourth-order valence-electron chi connectivity index (χ4n) is 2.62. The van der Waals surface area contributed by atoms with Gasteiger partial charge in [0.05, 0.1) is 17.2 Å². The summed E-state index contributed by atoms with van der Waals surface area (Å²) in [7, 11) is 0. The summed E-state index contributed by atoms with van der Waals surface area (Å²) < 4.78 is 0. The lowest BCUT2D eigenvalue weighted by Gasteiger charge is -2.30. The summed E-state index contributed by atoms with van der Waals surface area (Å²) >= 11 is 0. The summed E-state index contributed by atoms with van der Waals surface area (Å²) in [6, 6.07) is -0.0169. The first-order valence-electron chi connectivity index (χ1n) is 6.79. The molecule has 102 valence electrons. The van der Waals surface area contributed by atoms with Gasteiger partial charge in [0.25, 0.3) is 11.8 Å². The van der Waals surface area contributed by atoms with Crippen molar-refractivity contribution in [2.45, 2.75) is 32.7 Å². The van der Waals surface area contributed by atoms with E-state index in [1.165, 1.54) is 4.90 Å². The molecule has 1 fully saturated rings. The summed E-state index contributed by atoms with van der Waals surface area (Å²) in [5.41, 5.74) is 1.02. The fourth-order valence-corrected chi connectivity index (χ4v) is 2.62. The maximum Gasteiger partial charge on any atom is 0.261 e. The van der Waals surface area contributed by atoms with Crippen LogP contribution in [0.25, 0.3) is 0 Å². The van der Waals surface area contributed by atoms with Gasteiger partial charge >= 0.3 is 0 Å². The SMILES string of the molecule is C/C=C\C1=C(/C=C\C)C(=O)N(C2CCCNC2)C1=O. The van der Waals surface area contributed by atoms with E-state index >= 15 is 0 Å². The molecule has 0 bridgehead atoms. The highest BCUT2D eigenvalue weighted by molar-refractivity contribution is 6.22. The topological polar surface area (TPSA) is 49.4 Å². The number of carbonyl (C=O) groups is 2. The number of hydrogen-bond donors (Lipinski definition) is 1. The molecule has 1 N–H and O–H groups in total. The molecule has 2 rings (SSSR count). The monoisotopic (exact) mass is 260 g/mol. The molecule has 0 aromatic heterocycles. The number of hydrogen-bond acceptors (Lipinski definition) is 3. The van der Waals surface area contributed by atoms with Crippen LogP contribution in [-0.4, -0.2) is 35.8 Å². The van der Waals surface area contributed by atoms with Crippen molar-refractivity contribution in [1.29, 1.82) is 0 Å². The van der Waals surface area contributed by atoms with Crippen molar-refractivity contribution < 1.29 is 9.59 Å². The first kappa shape index (κ1) is 13.7. The zero-order valence-electron chi connectivity index (χ0n) is 11.5. The van der Waals surface area contributed by atoms with Gasteiger partial charge in [0.1, 0.15) is 0 Å². The number of carbonyl (C=O) groups excluding carboxylic acids is 2. The predicted molar refractivity (Wildman–Crippen MR) is 74.4 cm³/mol. The minimum atomic E-state index is -0.162. The average molecular weight is 260 g/mol. The largest absolute Gasteiger partial charge is 0.315 e. The van der Waals surface area contributed by atoms with Crippen LogP contribution in [0, 0.1) is 0 Å². The molecule has 0 aromatic carbocycles. The van der Waals surface area contributed by atoms with Gasteiger partial charge in [-0.15, -0.1) is 0 Å². The minimum absolute atomic E-state index is 0.0169. The number of amides is 2. The molecule has 1 saturated heterocycles. The second-order valence-corrected chi connectivity index (χ2v) is 4.81. The number of nitrogens with one attached hydrogen (secondary N) is 1. The molecule has 0 aliphatic carbocycles. The van der Waals surface area contributed by atoms with Gasteiger partial charge in [-0.05, 0) is 33.2 Å². The molecular weight excluding hydrogens is 240 g/mol. The van der Waals surface area contributed by atoms with Crippen LogP contribution in [0.3, 0.4) is 0 Å². The Morgan fingerprint density at radius 2 is 1.68 bits per heavy atom. The molecule has 4 heteroatoms. The van der Waals surface area contributed by atoms with Crippen LogP contribution in [0.4, 0.5) is 0 Å². The molecule has 0 spiro atoms. The average Bonchev–Trinajstić information content (AvgIpc) is 2.65. The van der Waals surface area contributed by atoms with Crippen LogP contribution in [0.15, 0.2) is 35.5 Å². The van der Waals surface area contributed by atoms with Crippen molar-refractivity contribution in [3.05, 3.63) is 35.5 Å². The van der Waals surface area contributed by atoms with Crippen molar-refractivity contribution in [2.75, 3.05) is 13.1 Å². The van der Waals surface area contributed by atoms with Crippen molar-refractivity contribution >= 4 is 11.8 Å². The Morgan fingerprint density at radius 1 is 1.11 bits per heavy atom. The van der Waals surface area contributed by atoms with Crippen molar-refractivity contribution in [1.82, 2.24) is 10.2 Å². The molecular formula is C15H20N2O2. The van der Waals surface area contributed by atoms with Crippen LogP contribution in [0.2, 0.25) is 0 Å². The standard InChI is InChI=1S/C15H20N2O2/c1-3-6-12-13(7-4-2)15(19)17(14(12)18)11-8-5-9-16-10-11/h3-4,6-7,11,16H,5,8-10H2,1-2H3/b6-3-,7-4-. The lowest BCUT2D eigenvalue weighted by atomic mass is 10.1. The highest BCUT2D eigenvalue weighted by atomic mass is 16.2. The van der Waals surface area contributed by atoms with Gasteiger partial charge in [0.15, 0.2) is 0 Å². The quantitative estimate of drug-likeness (QED) is 0.783. The number of piperidine rings is 1. The van der Waals surface area contributed by atoms with E-state index in [-0.39, 0.29) is 17.9 Å². The number of nitrogens with zero attached hydrogens (tertiary/aromatic N) is 1. The Labute approximate surface area is 113 Å². The molecule has 2 aliphatic rings. The summed E-state index contributed by atoms with van der Waals surface area (Å²) in [5.74, 6) is -0.324. The normalized spacial score (nSPS) is 25.4. The third-order valence-electron chi connectivity index (χ3n) is 3.49. The lowest BCUT2D eigenvalue weighted by molar-refractivity contribution is -0.140. The molecule has 0 radical (unpaired) electrons. The highest BCUT2D eigenvalue weighted by Gasteiger charge is 2.40. The van der Waals surface area contributed by atoms with Crippen LogP contribution in [-0.2, 0) is 9.59 Å². The van der Waals surface area contributed by atoms with E-state index in [9.17, 15) is 9.59 Å². The Hall–Kier alpha value is -1.68. The molecule has 0 aromatic rings. The van der Waals surface area contributed by atoms with E-state index in [0.717, 1.165) is 19.4 Å². The molecule has 1 unspecified atom stereocenters. The van der Waals surface area contributed by atoms with Gasteiger partial charge in [0, 0.05) is 6.54 Å². The molecule has 2 heterocycles. The van der Waals surface area contributed by atoms with Gasteiger partial charge in [-0.25, -0.2) is 0 Å². The third-order valence-corrected chi connectivity index (χ3v) is 3.49. The van der Waals surface area contributed by atoms with Crippen molar-refractivity contribution in [3.8, 4) is 0 Å². The second kappa shape index (κ2) is 5.97. The zero-order valence-corrected chi connectivity index (χ0v) is 11.5. The van der Waals surface area contributed by atoms with E-state index in [1.54, 1.807) is 24.3 Å². The van der Waals surface area contributed by atoms with Gasteiger partial charge in [-0.3, -0.25) is 14.5 Å². The van der Waals surface area contributed by atoms with E-state index in [2.05, 4.69) is 5.32 Å². The molecule has 2 aliphatic heterocycles. The fraction of sp³-hybridized carbons (Fsp3) is 0.467. The summed E-state index contributed by atoms with van der Waals surface area (Å²) in [5, 5.41) is 3.25. The molecule has 2 amide bonds. The smallest absolute Gasteiger partial charge is 0.261 e. The molecule has 1 atom stereocenters.